The van der Waals surface area contributed by atoms with Gasteiger partial charge in [0, 0.05) is 34.3 Å². The third-order valence-electron chi connectivity index (χ3n) is 7.67. The van der Waals surface area contributed by atoms with Crippen molar-refractivity contribution in [2.75, 3.05) is 5.32 Å². The molecular formula is C31H26N6O. The van der Waals surface area contributed by atoms with Crippen LogP contribution in [0.15, 0.2) is 79.1 Å². The summed E-state index contributed by atoms with van der Waals surface area (Å²) in [6, 6.07) is 25.2. The van der Waals surface area contributed by atoms with Gasteiger partial charge in [-0.3, -0.25) is 4.98 Å². The number of aromatic amines is 1. The summed E-state index contributed by atoms with van der Waals surface area (Å²) in [6.45, 7) is 0. The highest BCUT2D eigenvalue weighted by molar-refractivity contribution is 6.15. The summed E-state index contributed by atoms with van der Waals surface area (Å²) in [5.74, 6) is 0.808. The molecule has 7 rings (SSSR count). The summed E-state index contributed by atoms with van der Waals surface area (Å²) in [4.78, 5) is 12.5. The van der Waals surface area contributed by atoms with E-state index in [0.717, 1.165) is 81.3 Å². The Morgan fingerprint density at radius 1 is 0.974 bits per heavy atom. The molecule has 3 aromatic carbocycles. The number of para-hydroxylation sites is 1. The number of hydrogen-bond acceptors (Lipinski definition) is 5. The van der Waals surface area contributed by atoms with Gasteiger partial charge in [0.2, 0.25) is 0 Å². The van der Waals surface area contributed by atoms with Gasteiger partial charge in [0.05, 0.1) is 45.6 Å². The van der Waals surface area contributed by atoms with Gasteiger partial charge in [0.25, 0.3) is 0 Å². The zero-order valence-corrected chi connectivity index (χ0v) is 20.7. The number of nitrogens with one attached hydrogen (secondary N) is 2. The predicted molar refractivity (Wildman–Crippen MR) is 150 cm³/mol. The second kappa shape index (κ2) is 9.02. The van der Waals surface area contributed by atoms with Gasteiger partial charge in [0.15, 0.2) is 0 Å². The summed E-state index contributed by atoms with van der Waals surface area (Å²) in [5, 5.41) is 25.6. The molecule has 1 saturated carbocycles. The first kappa shape index (κ1) is 22.5. The zero-order valence-electron chi connectivity index (χ0n) is 20.7. The SMILES string of the molecule is N#Cc1ccc(-n2c3ccccc3c3c(-c4nc5ccncc5[nH]4)cccc32)cc1NC1CCC(O)CC1. The number of pyridine rings is 1. The monoisotopic (exact) mass is 498 g/mol. The van der Waals surface area contributed by atoms with E-state index in [1.54, 1.807) is 12.4 Å². The summed E-state index contributed by atoms with van der Waals surface area (Å²) in [5.41, 5.74) is 7.41. The van der Waals surface area contributed by atoms with E-state index in [4.69, 9.17) is 4.98 Å². The Morgan fingerprint density at radius 3 is 2.66 bits per heavy atom. The molecule has 0 bridgehead atoms. The molecular weight excluding hydrogens is 472 g/mol. The van der Waals surface area contributed by atoms with E-state index in [2.05, 4.69) is 74.5 Å². The number of rotatable bonds is 4. The minimum absolute atomic E-state index is 0.218. The summed E-state index contributed by atoms with van der Waals surface area (Å²) >= 11 is 0. The molecule has 6 aromatic rings. The van der Waals surface area contributed by atoms with E-state index >= 15 is 0 Å². The van der Waals surface area contributed by atoms with Crippen molar-refractivity contribution in [2.45, 2.75) is 37.8 Å². The summed E-state index contributed by atoms with van der Waals surface area (Å²) < 4.78 is 2.26. The van der Waals surface area contributed by atoms with Crippen LogP contribution in [0.3, 0.4) is 0 Å². The van der Waals surface area contributed by atoms with Crippen LogP contribution in [0, 0.1) is 11.3 Å². The van der Waals surface area contributed by atoms with Crippen LogP contribution < -0.4 is 5.32 Å². The number of benzene rings is 3. The van der Waals surface area contributed by atoms with Crippen molar-refractivity contribution in [3.05, 3.63) is 84.7 Å². The minimum Gasteiger partial charge on any atom is -0.393 e. The fraction of sp³-hybridized carbons (Fsp3) is 0.194. The van der Waals surface area contributed by atoms with Crippen LogP contribution in [0.4, 0.5) is 5.69 Å². The number of hydrogen-bond donors (Lipinski definition) is 3. The first-order chi connectivity index (χ1) is 18.7. The Kier molecular flexibility index (Phi) is 5.34. The number of aromatic nitrogens is 4. The second-order valence-electron chi connectivity index (χ2n) is 10.0. The molecule has 0 spiro atoms. The molecule has 0 aliphatic heterocycles. The van der Waals surface area contributed by atoms with Crippen LogP contribution >= 0.6 is 0 Å². The van der Waals surface area contributed by atoms with Gasteiger partial charge in [-0.15, -0.1) is 0 Å². The molecule has 0 saturated heterocycles. The van der Waals surface area contributed by atoms with Crippen molar-refractivity contribution in [1.82, 2.24) is 19.5 Å². The lowest BCUT2D eigenvalue weighted by atomic mass is 9.93. The first-order valence-corrected chi connectivity index (χ1v) is 13.0. The van der Waals surface area contributed by atoms with Crippen LogP contribution in [-0.4, -0.2) is 36.8 Å². The molecule has 3 N–H and O–H groups in total. The fourth-order valence-electron chi connectivity index (χ4n) is 5.81. The lowest BCUT2D eigenvalue weighted by Gasteiger charge is -2.27. The third-order valence-corrected chi connectivity index (χ3v) is 7.67. The lowest BCUT2D eigenvalue weighted by Crippen LogP contribution is -2.28. The van der Waals surface area contributed by atoms with Crippen molar-refractivity contribution < 1.29 is 5.11 Å². The van der Waals surface area contributed by atoms with Crippen LogP contribution in [0.5, 0.6) is 0 Å². The molecule has 7 nitrogen and oxygen atoms in total. The molecule has 0 amide bonds. The highest BCUT2D eigenvalue weighted by Crippen LogP contribution is 2.38. The maximum atomic E-state index is 9.92. The van der Waals surface area contributed by atoms with Gasteiger partial charge in [-0.05, 0) is 62.1 Å². The van der Waals surface area contributed by atoms with Gasteiger partial charge in [-0.25, -0.2) is 4.98 Å². The minimum atomic E-state index is -0.218. The van der Waals surface area contributed by atoms with E-state index in [9.17, 15) is 10.4 Å². The van der Waals surface area contributed by atoms with Gasteiger partial charge in [-0.1, -0.05) is 30.3 Å². The van der Waals surface area contributed by atoms with Crippen molar-refractivity contribution in [2.24, 2.45) is 0 Å². The molecule has 0 atom stereocenters. The molecule has 1 aliphatic carbocycles. The number of fused-ring (bicyclic) bond motifs is 4. The number of aliphatic hydroxyl groups is 1. The molecule has 0 radical (unpaired) electrons. The number of anilines is 1. The van der Waals surface area contributed by atoms with Crippen molar-refractivity contribution >= 4 is 38.5 Å². The zero-order chi connectivity index (χ0) is 25.6. The number of imidazole rings is 1. The van der Waals surface area contributed by atoms with Gasteiger partial charge in [0.1, 0.15) is 11.9 Å². The first-order valence-electron chi connectivity index (χ1n) is 13.0. The highest BCUT2D eigenvalue weighted by atomic mass is 16.3. The smallest absolute Gasteiger partial charge is 0.139 e. The Morgan fingerprint density at radius 2 is 1.82 bits per heavy atom. The molecule has 1 fully saturated rings. The number of H-pyrrole nitrogens is 1. The van der Waals surface area contributed by atoms with E-state index < -0.39 is 0 Å². The molecule has 1 aliphatic rings. The average Bonchev–Trinajstić information content (AvgIpc) is 3.54. The van der Waals surface area contributed by atoms with Gasteiger partial charge in [-0.2, -0.15) is 5.26 Å². The van der Waals surface area contributed by atoms with Crippen LogP contribution in [0.2, 0.25) is 0 Å². The maximum absolute atomic E-state index is 9.92. The van der Waals surface area contributed by atoms with Crippen LogP contribution in [0.1, 0.15) is 31.2 Å². The molecule has 3 aromatic heterocycles. The van der Waals surface area contributed by atoms with E-state index in [1.807, 2.05) is 18.2 Å². The van der Waals surface area contributed by atoms with E-state index in [0.29, 0.717) is 5.56 Å². The molecule has 38 heavy (non-hydrogen) atoms. The topological polar surface area (TPSA) is 103 Å². The quantitative estimate of drug-likeness (QED) is 0.264. The number of aliphatic hydroxyl groups excluding tert-OH is 1. The Labute approximate surface area is 219 Å². The Hall–Kier alpha value is -4.67. The Bertz CT molecular complexity index is 1820. The lowest BCUT2D eigenvalue weighted by molar-refractivity contribution is 0.126. The summed E-state index contributed by atoms with van der Waals surface area (Å²) in [6.07, 6.45) is 6.69. The van der Waals surface area contributed by atoms with Crippen LogP contribution in [-0.2, 0) is 0 Å². The second-order valence-corrected chi connectivity index (χ2v) is 10.0. The normalized spacial score (nSPS) is 17.7. The van der Waals surface area contributed by atoms with Crippen molar-refractivity contribution in [1.29, 1.82) is 5.26 Å². The van der Waals surface area contributed by atoms with Crippen molar-refractivity contribution in [3.8, 4) is 23.1 Å². The molecule has 7 heteroatoms. The fourth-order valence-corrected chi connectivity index (χ4v) is 5.81. The Balaban J connectivity index is 1.41. The largest absolute Gasteiger partial charge is 0.393 e. The molecule has 0 unspecified atom stereocenters. The standard InChI is InChI=1S/C31H26N6O/c32-17-19-8-11-21(16-26(19)34-20-9-12-22(38)13-10-20)37-28-6-2-1-4-23(28)30-24(5-3-7-29(30)37)31-35-25-14-15-33-18-27(25)36-31/h1-8,11,14-16,18,20,22,34,38H,9-10,12-13H2,(H,35,36). The number of nitrogens with zero attached hydrogens (tertiary/aromatic N) is 4. The molecule has 186 valence electrons. The van der Waals surface area contributed by atoms with E-state index in [-0.39, 0.29) is 12.1 Å². The molecule has 3 heterocycles. The number of nitriles is 1. The highest BCUT2D eigenvalue weighted by Gasteiger charge is 2.21. The van der Waals surface area contributed by atoms with Crippen molar-refractivity contribution in [3.63, 3.8) is 0 Å². The summed E-state index contributed by atoms with van der Waals surface area (Å²) in [7, 11) is 0. The van der Waals surface area contributed by atoms with Gasteiger partial charge >= 0.3 is 0 Å². The third kappa shape index (κ3) is 3.69. The van der Waals surface area contributed by atoms with E-state index in [1.165, 1.54) is 0 Å². The predicted octanol–water partition coefficient (Wildman–Crippen LogP) is 6.31. The van der Waals surface area contributed by atoms with Gasteiger partial charge < -0.3 is 20.0 Å². The maximum Gasteiger partial charge on any atom is 0.139 e. The average molecular weight is 499 g/mol. The van der Waals surface area contributed by atoms with Crippen LogP contribution in [0.25, 0.3) is 49.9 Å².